The van der Waals surface area contributed by atoms with Gasteiger partial charge in [-0.15, -0.1) is 11.3 Å². The fourth-order valence-electron chi connectivity index (χ4n) is 1.49. The summed E-state index contributed by atoms with van der Waals surface area (Å²) in [5, 5.41) is 10.1. The number of thiophene rings is 1. The Morgan fingerprint density at radius 2 is 2.29 bits per heavy atom. The maximum atomic E-state index is 9.05. The standard InChI is InChI=1S/C11H8BrNS/c1-2-10-9(6-13)8-4-3-7(12)5-11(8)14-10/h3-5H,2H2,1H3. The zero-order valence-electron chi connectivity index (χ0n) is 7.67. The smallest absolute Gasteiger partial charge is 0.101 e. The van der Waals surface area contributed by atoms with Gasteiger partial charge in [-0.3, -0.25) is 0 Å². The summed E-state index contributed by atoms with van der Waals surface area (Å²) in [5.74, 6) is 0. The SMILES string of the molecule is CCc1sc2cc(Br)ccc2c1C#N. The van der Waals surface area contributed by atoms with Crippen LogP contribution >= 0.6 is 27.3 Å². The molecule has 14 heavy (non-hydrogen) atoms. The highest BCUT2D eigenvalue weighted by Crippen LogP contribution is 2.32. The molecule has 0 fully saturated rings. The molecule has 1 aromatic heterocycles. The maximum Gasteiger partial charge on any atom is 0.101 e. The molecule has 3 heteroatoms. The molecule has 0 saturated carbocycles. The number of fused-ring (bicyclic) bond motifs is 1. The number of halogens is 1. The van der Waals surface area contributed by atoms with E-state index in [-0.39, 0.29) is 0 Å². The third kappa shape index (κ3) is 1.45. The fraction of sp³-hybridized carbons (Fsp3) is 0.182. The van der Waals surface area contributed by atoms with E-state index in [2.05, 4.69) is 35.0 Å². The minimum atomic E-state index is 0.847. The highest BCUT2D eigenvalue weighted by molar-refractivity contribution is 9.10. The molecule has 0 radical (unpaired) electrons. The largest absolute Gasteiger partial charge is 0.192 e. The topological polar surface area (TPSA) is 23.8 Å². The summed E-state index contributed by atoms with van der Waals surface area (Å²) >= 11 is 5.14. The Kier molecular flexibility index (Phi) is 2.58. The molecule has 0 saturated heterocycles. The van der Waals surface area contributed by atoms with Crippen molar-refractivity contribution in [2.75, 3.05) is 0 Å². The molecule has 0 aliphatic carbocycles. The Morgan fingerprint density at radius 3 is 2.93 bits per heavy atom. The predicted molar refractivity (Wildman–Crippen MR) is 63.6 cm³/mol. The average molecular weight is 266 g/mol. The van der Waals surface area contributed by atoms with Crippen LogP contribution in [0.15, 0.2) is 22.7 Å². The first kappa shape index (κ1) is 9.70. The Hall–Kier alpha value is -0.850. The van der Waals surface area contributed by atoms with Gasteiger partial charge in [0.25, 0.3) is 0 Å². The van der Waals surface area contributed by atoms with Crippen molar-refractivity contribution < 1.29 is 0 Å². The van der Waals surface area contributed by atoms with Crippen LogP contribution in [0.25, 0.3) is 10.1 Å². The molecule has 1 aromatic carbocycles. The van der Waals surface area contributed by atoms with E-state index in [9.17, 15) is 0 Å². The Balaban J connectivity index is 2.81. The fourth-order valence-corrected chi connectivity index (χ4v) is 3.14. The third-order valence-corrected chi connectivity index (χ3v) is 3.95. The minimum absolute atomic E-state index is 0.847. The second kappa shape index (κ2) is 3.72. The van der Waals surface area contributed by atoms with Gasteiger partial charge >= 0.3 is 0 Å². The summed E-state index contributed by atoms with van der Waals surface area (Å²) < 4.78 is 2.26. The van der Waals surface area contributed by atoms with Crippen LogP contribution in [-0.2, 0) is 6.42 Å². The summed E-state index contributed by atoms with van der Waals surface area (Å²) in [4.78, 5) is 1.18. The van der Waals surface area contributed by atoms with Crippen molar-refractivity contribution in [2.24, 2.45) is 0 Å². The molecule has 0 N–H and O–H groups in total. The van der Waals surface area contributed by atoms with Gasteiger partial charge in [-0.1, -0.05) is 28.9 Å². The van der Waals surface area contributed by atoms with E-state index < -0.39 is 0 Å². The van der Waals surface area contributed by atoms with E-state index >= 15 is 0 Å². The van der Waals surface area contributed by atoms with E-state index in [4.69, 9.17) is 5.26 Å². The van der Waals surface area contributed by atoms with Gasteiger partial charge in [-0.05, 0) is 18.6 Å². The second-order valence-electron chi connectivity index (χ2n) is 3.01. The van der Waals surface area contributed by atoms with Gasteiger partial charge in [0.1, 0.15) is 6.07 Å². The van der Waals surface area contributed by atoms with Crippen molar-refractivity contribution in [3.05, 3.63) is 33.1 Å². The molecule has 0 amide bonds. The first-order valence-electron chi connectivity index (χ1n) is 4.37. The first-order chi connectivity index (χ1) is 6.76. The Morgan fingerprint density at radius 1 is 1.50 bits per heavy atom. The zero-order valence-corrected chi connectivity index (χ0v) is 10.1. The molecule has 0 spiro atoms. The van der Waals surface area contributed by atoms with E-state index in [1.165, 1.54) is 9.58 Å². The molecule has 1 nitrogen and oxygen atoms in total. The van der Waals surface area contributed by atoms with Crippen molar-refractivity contribution in [3.8, 4) is 6.07 Å². The number of benzene rings is 1. The van der Waals surface area contributed by atoms with Gasteiger partial charge in [0.05, 0.1) is 5.56 Å². The van der Waals surface area contributed by atoms with Crippen molar-refractivity contribution in [3.63, 3.8) is 0 Å². The van der Waals surface area contributed by atoms with Gasteiger partial charge in [0.15, 0.2) is 0 Å². The number of hydrogen-bond acceptors (Lipinski definition) is 2. The molecule has 0 atom stereocenters. The van der Waals surface area contributed by atoms with E-state index in [1.807, 2.05) is 12.1 Å². The lowest BCUT2D eigenvalue weighted by molar-refractivity contribution is 1.18. The molecular formula is C11H8BrNS. The lowest BCUT2D eigenvalue weighted by Crippen LogP contribution is -1.77. The van der Waals surface area contributed by atoms with Gasteiger partial charge in [-0.25, -0.2) is 0 Å². The molecule has 1 heterocycles. The van der Waals surface area contributed by atoms with Crippen LogP contribution in [0.1, 0.15) is 17.4 Å². The van der Waals surface area contributed by atoms with E-state index in [1.54, 1.807) is 11.3 Å². The Labute approximate surface area is 95.1 Å². The predicted octanol–water partition coefficient (Wildman–Crippen LogP) is 4.10. The summed E-state index contributed by atoms with van der Waals surface area (Å²) in [6.45, 7) is 2.08. The zero-order chi connectivity index (χ0) is 10.1. The van der Waals surface area contributed by atoms with Crippen LogP contribution in [0, 0.1) is 11.3 Å². The molecule has 0 aliphatic heterocycles. The number of rotatable bonds is 1. The highest BCUT2D eigenvalue weighted by atomic mass is 79.9. The summed E-state index contributed by atoms with van der Waals surface area (Å²) in [6.07, 6.45) is 0.930. The minimum Gasteiger partial charge on any atom is -0.192 e. The molecule has 0 unspecified atom stereocenters. The van der Waals surface area contributed by atoms with Crippen molar-refractivity contribution >= 4 is 37.4 Å². The lowest BCUT2D eigenvalue weighted by atomic mass is 10.1. The number of hydrogen-bond donors (Lipinski definition) is 0. The summed E-state index contributed by atoms with van der Waals surface area (Å²) in [7, 11) is 0. The van der Waals surface area contributed by atoms with Crippen LogP contribution in [0.4, 0.5) is 0 Å². The van der Waals surface area contributed by atoms with Crippen molar-refractivity contribution in [1.29, 1.82) is 5.26 Å². The van der Waals surface area contributed by atoms with Crippen LogP contribution in [0.2, 0.25) is 0 Å². The normalized spacial score (nSPS) is 10.4. The summed E-state index contributed by atoms with van der Waals surface area (Å²) in [6, 6.07) is 8.34. The van der Waals surface area contributed by atoms with Crippen LogP contribution in [-0.4, -0.2) is 0 Å². The van der Waals surface area contributed by atoms with Gasteiger partial charge in [-0.2, -0.15) is 5.26 Å². The number of aryl methyl sites for hydroxylation is 1. The Bertz CT molecular complexity index is 522. The second-order valence-corrected chi connectivity index (χ2v) is 5.06. The first-order valence-corrected chi connectivity index (χ1v) is 5.98. The third-order valence-electron chi connectivity index (χ3n) is 2.16. The molecule has 2 rings (SSSR count). The van der Waals surface area contributed by atoms with Gasteiger partial charge in [0, 0.05) is 19.4 Å². The number of nitrogens with zero attached hydrogens (tertiary/aromatic N) is 1. The van der Waals surface area contributed by atoms with Crippen LogP contribution in [0.5, 0.6) is 0 Å². The summed E-state index contributed by atoms with van der Waals surface area (Å²) in [5.41, 5.74) is 0.847. The highest BCUT2D eigenvalue weighted by Gasteiger charge is 2.09. The van der Waals surface area contributed by atoms with Crippen molar-refractivity contribution in [2.45, 2.75) is 13.3 Å². The number of nitriles is 1. The maximum absolute atomic E-state index is 9.05. The van der Waals surface area contributed by atoms with Crippen LogP contribution < -0.4 is 0 Å². The lowest BCUT2D eigenvalue weighted by Gasteiger charge is -1.91. The monoisotopic (exact) mass is 265 g/mol. The van der Waals surface area contributed by atoms with Gasteiger partial charge in [0.2, 0.25) is 0 Å². The molecule has 0 aliphatic rings. The van der Waals surface area contributed by atoms with Crippen LogP contribution in [0.3, 0.4) is 0 Å². The van der Waals surface area contributed by atoms with E-state index in [0.717, 1.165) is 21.8 Å². The molecule has 70 valence electrons. The molecule has 0 bridgehead atoms. The van der Waals surface area contributed by atoms with Gasteiger partial charge < -0.3 is 0 Å². The quantitative estimate of drug-likeness (QED) is 0.762. The molecular weight excluding hydrogens is 258 g/mol. The molecule has 2 aromatic rings. The van der Waals surface area contributed by atoms with Crippen molar-refractivity contribution in [1.82, 2.24) is 0 Å². The average Bonchev–Trinajstić information content (AvgIpc) is 2.54. The van der Waals surface area contributed by atoms with E-state index in [0.29, 0.717) is 0 Å².